The number of fused-ring (bicyclic) bond motifs is 1. The van der Waals surface area contributed by atoms with E-state index in [4.69, 9.17) is 10.8 Å². The van der Waals surface area contributed by atoms with Gasteiger partial charge >= 0.3 is 0 Å². The van der Waals surface area contributed by atoms with Crippen molar-refractivity contribution in [3.8, 4) is 0 Å². The van der Waals surface area contributed by atoms with Crippen LogP contribution in [0.4, 0.5) is 0 Å². The smallest absolute Gasteiger partial charge is 0.168 e. The number of hydrogen-bond donors (Lipinski definition) is 2. The monoisotopic (exact) mass is 199 g/mol. The Morgan fingerprint density at radius 3 is 3.31 bits per heavy atom. The lowest BCUT2D eigenvalue weighted by Crippen LogP contribution is -2.22. The van der Waals surface area contributed by atoms with Gasteiger partial charge in [0.15, 0.2) is 5.17 Å². The minimum absolute atomic E-state index is 0.0386. The molecule has 72 valence electrons. The van der Waals surface area contributed by atoms with Crippen molar-refractivity contribution >= 4 is 16.9 Å². The Balaban J connectivity index is 2.00. The average Bonchev–Trinajstić information content (AvgIpc) is 2.61. The van der Waals surface area contributed by atoms with E-state index in [2.05, 4.69) is 16.1 Å². The number of amidine groups is 1. The predicted octanol–water partition coefficient (Wildman–Crippen LogP) is -0.0441. The maximum Gasteiger partial charge on any atom is 0.168 e. The molecule has 0 aromatic carbocycles. The quantitative estimate of drug-likeness (QED) is 0.669. The number of aliphatic imine (C=N–C) groups is 1. The highest BCUT2D eigenvalue weighted by Crippen LogP contribution is 2.32. The molecular formula is C8H13N3OS. The molecule has 0 amide bonds. The number of rotatable bonds is 3. The summed E-state index contributed by atoms with van der Waals surface area (Å²) in [7, 11) is 0. The first kappa shape index (κ1) is 9.05. The van der Waals surface area contributed by atoms with Gasteiger partial charge in [-0.3, -0.25) is 4.99 Å². The van der Waals surface area contributed by atoms with Crippen LogP contribution in [-0.2, 0) is 0 Å². The summed E-state index contributed by atoms with van der Waals surface area (Å²) in [5.41, 5.74) is 5.86. The molecule has 2 heterocycles. The first-order valence-electron chi connectivity index (χ1n) is 4.38. The van der Waals surface area contributed by atoms with E-state index >= 15 is 0 Å². The second kappa shape index (κ2) is 3.69. The Bertz CT molecular complexity index is 264. The highest BCUT2D eigenvalue weighted by molar-refractivity contribution is 8.17. The molecule has 2 rings (SSSR count). The van der Waals surface area contributed by atoms with Gasteiger partial charge in [0.25, 0.3) is 0 Å². The van der Waals surface area contributed by atoms with E-state index in [0.29, 0.717) is 6.42 Å². The number of nitrogens with zero attached hydrogens (tertiary/aromatic N) is 2. The predicted molar refractivity (Wildman–Crippen MR) is 54.4 cm³/mol. The lowest BCUT2D eigenvalue weighted by atomic mass is 10.2. The van der Waals surface area contributed by atoms with Crippen molar-refractivity contribution in [2.75, 3.05) is 19.7 Å². The standard InChI is InChI=1S/C8H13N3OS/c9-6(1-4-12)7-5-11-3-2-10-8(11)13-7/h5-6,12H,1-4,9H2. The highest BCUT2D eigenvalue weighted by atomic mass is 32.2. The largest absolute Gasteiger partial charge is 0.396 e. The van der Waals surface area contributed by atoms with E-state index in [1.54, 1.807) is 11.8 Å². The molecule has 1 atom stereocenters. The van der Waals surface area contributed by atoms with Crippen LogP contribution in [0.25, 0.3) is 0 Å². The van der Waals surface area contributed by atoms with Crippen LogP contribution in [0.2, 0.25) is 0 Å². The van der Waals surface area contributed by atoms with Crippen LogP contribution in [0, 0.1) is 0 Å². The Hall–Kier alpha value is -0.520. The molecule has 0 saturated carbocycles. The van der Waals surface area contributed by atoms with Crippen molar-refractivity contribution in [2.45, 2.75) is 12.5 Å². The van der Waals surface area contributed by atoms with Crippen LogP contribution < -0.4 is 5.73 Å². The summed E-state index contributed by atoms with van der Waals surface area (Å²) >= 11 is 1.63. The number of aliphatic hydroxyl groups excluding tert-OH is 1. The van der Waals surface area contributed by atoms with Crippen molar-refractivity contribution in [1.82, 2.24) is 4.90 Å². The molecule has 13 heavy (non-hydrogen) atoms. The lowest BCUT2D eigenvalue weighted by molar-refractivity contribution is 0.282. The molecule has 0 bridgehead atoms. The zero-order valence-electron chi connectivity index (χ0n) is 7.31. The molecular weight excluding hydrogens is 186 g/mol. The lowest BCUT2D eigenvalue weighted by Gasteiger charge is -2.08. The molecule has 0 spiro atoms. The summed E-state index contributed by atoms with van der Waals surface area (Å²) in [5.74, 6) is 0. The van der Waals surface area contributed by atoms with E-state index in [9.17, 15) is 0 Å². The molecule has 0 aromatic heterocycles. The topological polar surface area (TPSA) is 61.9 Å². The molecule has 0 saturated heterocycles. The molecule has 0 radical (unpaired) electrons. The SMILES string of the molecule is NC(CCO)C1=CN2CCN=C2S1. The van der Waals surface area contributed by atoms with Crippen molar-refractivity contribution in [3.63, 3.8) is 0 Å². The second-order valence-corrected chi connectivity index (χ2v) is 4.15. The molecule has 0 fully saturated rings. The first-order valence-corrected chi connectivity index (χ1v) is 5.20. The molecule has 3 N–H and O–H groups in total. The van der Waals surface area contributed by atoms with Crippen LogP contribution in [-0.4, -0.2) is 40.9 Å². The Labute approximate surface area is 81.5 Å². The van der Waals surface area contributed by atoms with Gasteiger partial charge in [-0.05, 0) is 6.42 Å². The molecule has 0 aliphatic carbocycles. The van der Waals surface area contributed by atoms with E-state index in [1.807, 2.05) is 0 Å². The molecule has 1 unspecified atom stereocenters. The Morgan fingerprint density at radius 2 is 2.62 bits per heavy atom. The Morgan fingerprint density at radius 1 is 1.77 bits per heavy atom. The number of nitrogens with two attached hydrogens (primary N) is 1. The fourth-order valence-electron chi connectivity index (χ4n) is 1.39. The van der Waals surface area contributed by atoms with Gasteiger partial charge in [0.2, 0.25) is 0 Å². The van der Waals surface area contributed by atoms with Crippen molar-refractivity contribution in [1.29, 1.82) is 0 Å². The summed E-state index contributed by atoms with van der Waals surface area (Å²) in [4.78, 5) is 7.57. The Kier molecular flexibility index (Phi) is 2.57. The molecule has 0 aromatic rings. The summed E-state index contributed by atoms with van der Waals surface area (Å²) in [6.07, 6.45) is 2.68. The second-order valence-electron chi connectivity index (χ2n) is 3.11. The summed E-state index contributed by atoms with van der Waals surface area (Å²) in [5, 5.41) is 9.80. The van der Waals surface area contributed by atoms with Gasteiger partial charge in [-0.1, -0.05) is 11.8 Å². The third kappa shape index (κ3) is 1.72. The summed E-state index contributed by atoms with van der Waals surface area (Å²) in [6, 6.07) is -0.0386. The van der Waals surface area contributed by atoms with Gasteiger partial charge in [0.05, 0.1) is 6.54 Å². The van der Waals surface area contributed by atoms with Gasteiger partial charge < -0.3 is 15.7 Å². The van der Waals surface area contributed by atoms with Crippen LogP contribution in [0.5, 0.6) is 0 Å². The van der Waals surface area contributed by atoms with E-state index < -0.39 is 0 Å². The number of thioether (sulfide) groups is 1. The maximum atomic E-state index is 8.74. The molecule has 5 heteroatoms. The van der Waals surface area contributed by atoms with Crippen molar-refractivity contribution < 1.29 is 5.11 Å². The van der Waals surface area contributed by atoms with Gasteiger partial charge in [-0.25, -0.2) is 0 Å². The van der Waals surface area contributed by atoms with Gasteiger partial charge in [0, 0.05) is 30.3 Å². The summed E-state index contributed by atoms with van der Waals surface area (Å²) in [6.45, 7) is 2.00. The number of hydrogen-bond acceptors (Lipinski definition) is 5. The third-order valence-electron chi connectivity index (χ3n) is 2.13. The zero-order valence-corrected chi connectivity index (χ0v) is 8.13. The van der Waals surface area contributed by atoms with Crippen molar-refractivity contribution in [3.05, 3.63) is 11.1 Å². The number of aliphatic hydroxyl groups is 1. The van der Waals surface area contributed by atoms with Gasteiger partial charge in [-0.15, -0.1) is 0 Å². The highest BCUT2D eigenvalue weighted by Gasteiger charge is 2.26. The van der Waals surface area contributed by atoms with Crippen LogP contribution in [0.3, 0.4) is 0 Å². The normalized spacial score (nSPS) is 22.8. The minimum Gasteiger partial charge on any atom is -0.396 e. The van der Waals surface area contributed by atoms with E-state index in [1.165, 1.54) is 0 Å². The van der Waals surface area contributed by atoms with Crippen LogP contribution >= 0.6 is 11.8 Å². The fourth-order valence-corrected chi connectivity index (χ4v) is 2.47. The van der Waals surface area contributed by atoms with Gasteiger partial charge in [-0.2, -0.15) is 0 Å². The van der Waals surface area contributed by atoms with E-state index in [-0.39, 0.29) is 12.6 Å². The van der Waals surface area contributed by atoms with Crippen molar-refractivity contribution in [2.24, 2.45) is 10.7 Å². The zero-order chi connectivity index (χ0) is 9.26. The minimum atomic E-state index is -0.0386. The molecule has 4 nitrogen and oxygen atoms in total. The molecule has 2 aliphatic rings. The van der Waals surface area contributed by atoms with Crippen LogP contribution in [0.15, 0.2) is 16.1 Å². The maximum absolute atomic E-state index is 8.74. The summed E-state index contributed by atoms with van der Waals surface area (Å²) < 4.78 is 0. The third-order valence-corrected chi connectivity index (χ3v) is 3.32. The van der Waals surface area contributed by atoms with E-state index in [0.717, 1.165) is 23.2 Å². The fraction of sp³-hybridized carbons (Fsp3) is 0.625. The van der Waals surface area contributed by atoms with Gasteiger partial charge in [0.1, 0.15) is 0 Å². The van der Waals surface area contributed by atoms with Crippen LogP contribution in [0.1, 0.15) is 6.42 Å². The first-order chi connectivity index (χ1) is 6.31. The molecule has 2 aliphatic heterocycles. The average molecular weight is 199 g/mol.